The van der Waals surface area contributed by atoms with E-state index in [0.717, 1.165) is 18.7 Å². The zero-order valence-corrected chi connectivity index (χ0v) is 18.7. The molecule has 0 spiro atoms. The van der Waals surface area contributed by atoms with Crippen LogP contribution in [0.4, 0.5) is 5.69 Å². The Morgan fingerprint density at radius 1 is 1.03 bits per heavy atom. The molecule has 1 amide bonds. The minimum atomic E-state index is -3.65. The number of likely N-dealkylation sites (N-methyl/N-ethyl adjacent to an activating group) is 1. The van der Waals surface area contributed by atoms with Crippen molar-refractivity contribution in [3.8, 4) is 0 Å². The zero-order chi connectivity index (χ0) is 21.6. The van der Waals surface area contributed by atoms with Gasteiger partial charge >= 0.3 is 0 Å². The Bertz CT molecular complexity index is 907. The summed E-state index contributed by atoms with van der Waals surface area (Å²) in [6.45, 7) is 10.6. The standard InChI is InChI=1S/C22H31N3O3S/c1-6-25(17(2)3)16-15-23-22(26)19-9-11-20(12-10-19)24(5)29(27,28)21-13-7-18(4)8-14-21/h7-14,17H,6,15-16H2,1-5H3,(H,23,26). The number of benzene rings is 2. The number of amides is 1. The Kier molecular flexibility index (Phi) is 7.81. The first-order valence-electron chi connectivity index (χ1n) is 9.84. The monoisotopic (exact) mass is 417 g/mol. The molecule has 6 nitrogen and oxygen atoms in total. The second-order valence-electron chi connectivity index (χ2n) is 7.31. The lowest BCUT2D eigenvalue weighted by Crippen LogP contribution is -2.38. The summed E-state index contributed by atoms with van der Waals surface area (Å²) in [4.78, 5) is 14.9. The molecule has 0 aliphatic carbocycles. The van der Waals surface area contributed by atoms with Gasteiger partial charge in [-0.25, -0.2) is 8.42 Å². The Morgan fingerprint density at radius 3 is 2.14 bits per heavy atom. The highest BCUT2D eigenvalue weighted by Gasteiger charge is 2.21. The normalized spacial score (nSPS) is 11.7. The average Bonchev–Trinajstić information content (AvgIpc) is 2.70. The zero-order valence-electron chi connectivity index (χ0n) is 17.8. The van der Waals surface area contributed by atoms with Crippen molar-refractivity contribution in [2.75, 3.05) is 31.0 Å². The number of carbonyl (C=O) groups is 1. The van der Waals surface area contributed by atoms with Gasteiger partial charge in [0.1, 0.15) is 0 Å². The van der Waals surface area contributed by atoms with Crippen molar-refractivity contribution in [3.63, 3.8) is 0 Å². The van der Waals surface area contributed by atoms with Gasteiger partial charge in [-0.1, -0.05) is 24.6 Å². The summed E-state index contributed by atoms with van der Waals surface area (Å²) in [5, 5.41) is 2.92. The smallest absolute Gasteiger partial charge is 0.264 e. The fraction of sp³-hybridized carbons (Fsp3) is 0.409. The molecule has 0 aromatic heterocycles. The number of hydrogen-bond acceptors (Lipinski definition) is 4. The van der Waals surface area contributed by atoms with Crippen molar-refractivity contribution in [1.29, 1.82) is 0 Å². The first-order chi connectivity index (χ1) is 13.7. The van der Waals surface area contributed by atoms with Gasteiger partial charge in [-0.3, -0.25) is 14.0 Å². The molecule has 158 valence electrons. The van der Waals surface area contributed by atoms with Crippen molar-refractivity contribution in [1.82, 2.24) is 10.2 Å². The molecule has 29 heavy (non-hydrogen) atoms. The summed E-state index contributed by atoms with van der Waals surface area (Å²) in [6, 6.07) is 13.7. The summed E-state index contributed by atoms with van der Waals surface area (Å²) >= 11 is 0. The summed E-state index contributed by atoms with van der Waals surface area (Å²) in [6.07, 6.45) is 0. The van der Waals surface area contributed by atoms with Crippen molar-refractivity contribution in [2.45, 2.75) is 38.6 Å². The van der Waals surface area contributed by atoms with Crippen molar-refractivity contribution >= 4 is 21.6 Å². The van der Waals surface area contributed by atoms with Gasteiger partial charge < -0.3 is 5.32 Å². The predicted molar refractivity (Wildman–Crippen MR) is 118 cm³/mol. The third kappa shape index (κ3) is 5.81. The fourth-order valence-electron chi connectivity index (χ4n) is 3.03. The van der Waals surface area contributed by atoms with E-state index in [0.29, 0.717) is 23.8 Å². The van der Waals surface area contributed by atoms with Crippen LogP contribution in [0.25, 0.3) is 0 Å². The van der Waals surface area contributed by atoms with E-state index in [-0.39, 0.29) is 10.8 Å². The van der Waals surface area contributed by atoms with E-state index < -0.39 is 10.0 Å². The molecule has 0 atom stereocenters. The molecule has 0 saturated heterocycles. The van der Waals surface area contributed by atoms with E-state index in [1.165, 1.54) is 11.4 Å². The maximum absolute atomic E-state index is 12.8. The Morgan fingerprint density at radius 2 is 1.62 bits per heavy atom. The topological polar surface area (TPSA) is 69.7 Å². The second kappa shape index (κ2) is 9.89. The molecule has 0 aliphatic rings. The predicted octanol–water partition coefficient (Wildman–Crippen LogP) is 3.28. The molecule has 1 N–H and O–H groups in total. The number of anilines is 1. The summed E-state index contributed by atoms with van der Waals surface area (Å²) < 4.78 is 26.8. The molecular formula is C22H31N3O3S. The van der Waals surface area contributed by atoms with Crippen LogP contribution in [0.5, 0.6) is 0 Å². The molecular weight excluding hydrogens is 386 g/mol. The molecule has 0 saturated carbocycles. The Labute approximate surface area is 174 Å². The van der Waals surface area contributed by atoms with Crippen LogP contribution in [0.3, 0.4) is 0 Å². The minimum absolute atomic E-state index is 0.166. The summed E-state index contributed by atoms with van der Waals surface area (Å²) in [5.74, 6) is -0.166. The van der Waals surface area contributed by atoms with E-state index in [1.807, 2.05) is 6.92 Å². The first kappa shape index (κ1) is 22.9. The van der Waals surface area contributed by atoms with Crippen molar-refractivity contribution in [3.05, 3.63) is 59.7 Å². The number of hydrogen-bond donors (Lipinski definition) is 1. The van der Waals surface area contributed by atoms with Gasteiger partial charge in [-0.2, -0.15) is 0 Å². The van der Waals surface area contributed by atoms with E-state index in [1.54, 1.807) is 48.5 Å². The van der Waals surface area contributed by atoms with E-state index >= 15 is 0 Å². The van der Waals surface area contributed by atoms with Crippen LogP contribution < -0.4 is 9.62 Å². The van der Waals surface area contributed by atoms with Crippen LogP contribution >= 0.6 is 0 Å². The van der Waals surface area contributed by atoms with Crippen LogP contribution in [0.2, 0.25) is 0 Å². The first-order valence-corrected chi connectivity index (χ1v) is 11.3. The lowest BCUT2D eigenvalue weighted by molar-refractivity contribution is 0.0946. The molecule has 0 unspecified atom stereocenters. The number of nitrogens with one attached hydrogen (secondary N) is 1. The van der Waals surface area contributed by atoms with Gasteiger partial charge in [0, 0.05) is 31.7 Å². The molecule has 2 rings (SSSR count). The second-order valence-corrected chi connectivity index (χ2v) is 9.28. The van der Waals surface area contributed by atoms with Gasteiger partial charge in [0.25, 0.3) is 15.9 Å². The number of aryl methyl sites for hydroxylation is 1. The van der Waals surface area contributed by atoms with Crippen LogP contribution in [0.1, 0.15) is 36.7 Å². The molecule has 2 aromatic carbocycles. The van der Waals surface area contributed by atoms with Crippen molar-refractivity contribution in [2.24, 2.45) is 0 Å². The van der Waals surface area contributed by atoms with Crippen LogP contribution in [-0.4, -0.2) is 51.9 Å². The number of nitrogens with zero attached hydrogens (tertiary/aromatic N) is 2. The van der Waals surface area contributed by atoms with Crippen molar-refractivity contribution < 1.29 is 13.2 Å². The van der Waals surface area contributed by atoms with E-state index in [9.17, 15) is 13.2 Å². The van der Waals surface area contributed by atoms with Crippen LogP contribution in [-0.2, 0) is 10.0 Å². The Balaban J connectivity index is 2.03. The Hall–Kier alpha value is -2.38. The van der Waals surface area contributed by atoms with Gasteiger partial charge in [0.15, 0.2) is 0 Å². The largest absolute Gasteiger partial charge is 0.351 e. The number of sulfonamides is 1. The highest BCUT2D eigenvalue weighted by Crippen LogP contribution is 2.22. The SMILES string of the molecule is CCN(CCNC(=O)c1ccc(N(C)S(=O)(=O)c2ccc(C)cc2)cc1)C(C)C. The van der Waals surface area contributed by atoms with E-state index in [4.69, 9.17) is 0 Å². The quantitative estimate of drug-likeness (QED) is 0.680. The molecule has 0 heterocycles. The molecule has 2 aromatic rings. The maximum Gasteiger partial charge on any atom is 0.264 e. The van der Waals surface area contributed by atoms with Crippen LogP contribution in [0.15, 0.2) is 53.4 Å². The van der Waals surface area contributed by atoms with Crippen LogP contribution in [0, 0.1) is 6.92 Å². The highest BCUT2D eigenvalue weighted by atomic mass is 32.2. The number of carbonyl (C=O) groups excluding carboxylic acids is 1. The lowest BCUT2D eigenvalue weighted by atomic mass is 10.2. The summed E-state index contributed by atoms with van der Waals surface area (Å²) in [7, 11) is -2.14. The minimum Gasteiger partial charge on any atom is -0.351 e. The van der Waals surface area contributed by atoms with Gasteiger partial charge in [-0.05, 0) is 63.7 Å². The molecule has 0 fully saturated rings. The summed E-state index contributed by atoms with van der Waals surface area (Å²) in [5.41, 5.74) is 2.00. The molecule has 0 radical (unpaired) electrons. The maximum atomic E-state index is 12.8. The molecule has 0 aliphatic heterocycles. The molecule has 7 heteroatoms. The third-order valence-electron chi connectivity index (χ3n) is 4.99. The third-order valence-corrected chi connectivity index (χ3v) is 6.79. The fourth-order valence-corrected chi connectivity index (χ4v) is 4.22. The molecule has 0 bridgehead atoms. The highest BCUT2D eigenvalue weighted by molar-refractivity contribution is 7.92. The van der Waals surface area contributed by atoms with Gasteiger partial charge in [0.2, 0.25) is 0 Å². The lowest BCUT2D eigenvalue weighted by Gasteiger charge is -2.24. The average molecular weight is 418 g/mol. The van der Waals surface area contributed by atoms with E-state index in [2.05, 4.69) is 31.0 Å². The van der Waals surface area contributed by atoms with Gasteiger partial charge in [0.05, 0.1) is 10.6 Å². The number of rotatable bonds is 9. The van der Waals surface area contributed by atoms with Gasteiger partial charge in [-0.15, -0.1) is 0 Å².